The molecule has 2 rings (SSSR count). The molecule has 6 nitrogen and oxygen atoms in total. The van der Waals surface area contributed by atoms with Crippen LogP contribution in [-0.2, 0) is 14.3 Å². The molecule has 1 aliphatic heterocycles. The maximum absolute atomic E-state index is 12.2. The Morgan fingerprint density at radius 1 is 1.43 bits per heavy atom. The molecule has 2 N–H and O–H groups in total. The van der Waals surface area contributed by atoms with Gasteiger partial charge >= 0.3 is 5.97 Å². The smallest absolute Gasteiger partial charge is 0.351 e. The van der Waals surface area contributed by atoms with Gasteiger partial charge in [-0.3, -0.25) is 4.79 Å². The molecule has 0 aliphatic carbocycles. The van der Waals surface area contributed by atoms with Crippen LogP contribution in [-0.4, -0.2) is 24.0 Å². The lowest BCUT2D eigenvalue weighted by atomic mass is 9.94. The predicted octanol–water partition coefficient (Wildman–Crippen LogP) is 2.69. The van der Waals surface area contributed by atoms with Crippen molar-refractivity contribution in [2.45, 2.75) is 32.2 Å². The Morgan fingerprint density at radius 2 is 2.22 bits per heavy atom. The van der Waals surface area contributed by atoms with Crippen LogP contribution in [0, 0.1) is 11.3 Å². The van der Waals surface area contributed by atoms with Crippen LogP contribution in [0.3, 0.4) is 0 Å². The van der Waals surface area contributed by atoms with Gasteiger partial charge < -0.3 is 15.4 Å². The number of rotatable bonds is 5. The Hall–Kier alpha value is -2.81. The molecule has 23 heavy (non-hydrogen) atoms. The first-order valence-electron chi connectivity index (χ1n) is 7.48. The second-order valence-corrected chi connectivity index (χ2v) is 5.35. The quantitative estimate of drug-likeness (QED) is 0.644. The molecule has 0 spiro atoms. The van der Waals surface area contributed by atoms with Crippen LogP contribution in [0.25, 0.3) is 6.08 Å². The van der Waals surface area contributed by atoms with Crippen LogP contribution >= 0.6 is 0 Å². The van der Waals surface area contributed by atoms with Gasteiger partial charge in [0.1, 0.15) is 6.07 Å². The average molecular weight is 313 g/mol. The highest BCUT2D eigenvalue weighted by molar-refractivity contribution is 5.96. The molecule has 0 fully saturated rings. The summed E-state index contributed by atoms with van der Waals surface area (Å²) in [4.78, 5) is 23.3. The summed E-state index contributed by atoms with van der Waals surface area (Å²) in [6.45, 7) is 3.72. The lowest BCUT2D eigenvalue weighted by molar-refractivity contribution is -0.145. The van der Waals surface area contributed by atoms with Gasteiger partial charge in [-0.25, -0.2) is 4.79 Å². The topological polar surface area (TPSA) is 91.2 Å². The van der Waals surface area contributed by atoms with E-state index in [1.807, 2.05) is 13.0 Å². The number of carbonyl (C=O) groups is 2. The minimum atomic E-state index is -1.52. The van der Waals surface area contributed by atoms with E-state index >= 15 is 0 Å². The van der Waals surface area contributed by atoms with Gasteiger partial charge in [-0.05, 0) is 36.3 Å². The summed E-state index contributed by atoms with van der Waals surface area (Å²) < 4.78 is 5.18. The van der Waals surface area contributed by atoms with Crippen molar-refractivity contribution in [2.24, 2.45) is 0 Å². The Bertz CT molecular complexity index is 691. The van der Waals surface area contributed by atoms with E-state index in [-0.39, 0.29) is 5.91 Å². The molecular formula is C17H19N3O3. The van der Waals surface area contributed by atoms with Crippen LogP contribution in [0.4, 0.5) is 11.4 Å². The molecule has 0 bridgehead atoms. The first kappa shape index (κ1) is 16.6. The minimum absolute atomic E-state index is 0.163. The second-order valence-electron chi connectivity index (χ2n) is 5.35. The van der Waals surface area contributed by atoms with Crippen molar-refractivity contribution in [3.63, 3.8) is 0 Å². The third-order valence-corrected chi connectivity index (χ3v) is 3.45. The molecular weight excluding hydrogens is 294 g/mol. The lowest BCUT2D eigenvalue weighted by Crippen LogP contribution is -2.46. The van der Waals surface area contributed by atoms with E-state index in [0.717, 1.165) is 18.4 Å². The van der Waals surface area contributed by atoms with E-state index in [0.29, 0.717) is 18.0 Å². The van der Waals surface area contributed by atoms with Crippen molar-refractivity contribution >= 4 is 29.3 Å². The number of amides is 1. The fourth-order valence-corrected chi connectivity index (χ4v) is 2.22. The lowest BCUT2D eigenvalue weighted by Gasteiger charge is -2.28. The normalized spacial score (nSPS) is 18.3. The van der Waals surface area contributed by atoms with Gasteiger partial charge in [0.05, 0.1) is 6.61 Å². The van der Waals surface area contributed by atoms with Crippen molar-refractivity contribution in [3.8, 4) is 6.07 Å². The number of unbranched alkanes of at least 4 members (excludes halogenated alkanes) is 1. The Balaban J connectivity index is 2.20. The third kappa shape index (κ3) is 3.69. The third-order valence-electron chi connectivity index (χ3n) is 3.45. The zero-order valence-corrected chi connectivity index (χ0v) is 13.2. The molecule has 120 valence electrons. The Labute approximate surface area is 135 Å². The molecule has 0 saturated heterocycles. The summed E-state index contributed by atoms with van der Waals surface area (Å²) in [6, 6.07) is 7.18. The largest absolute Gasteiger partial charge is 0.463 e. The number of nitrogens with zero attached hydrogens (tertiary/aromatic N) is 1. The number of fused-ring (bicyclic) bond motifs is 1. The average Bonchev–Trinajstić information content (AvgIpc) is 2.54. The molecule has 1 heterocycles. The number of benzene rings is 1. The van der Waals surface area contributed by atoms with Crippen molar-refractivity contribution in [1.29, 1.82) is 5.26 Å². The molecule has 1 unspecified atom stereocenters. The number of hydrogen-bond acceptors (Lipinski definition) is 5. The first-order valence-corrected chi connectivity index (χ1v) is 7.48. The highest BCUT2D eigenvalue weighted by Gasteiger charge is 2.40. The van der Waals surface area contributed by atoms with Crippen LogP contribution in [0.15, 0.2) is 24.3 Å². The van der Waals surface area contributed by atoms with E-state index < -0.39 is 11.5 Å². The van der Waals surface area contributed by atoms with Crippen LogP contribution in [0.1, 0.15) is 32.3 Å². The number of anilines is 2. The van der Waals surface area contributed by atoms with E-state index in [2.05, 4.69) is 10.6 Å². The molecule has 1 aliphatic rings. The SMILES string of the molecule is CCCCOC(=O)C1(C#N)C=Cc2cc(NC(C)=O)ccc2N1. The van der Waals surface area contributed by atoms with Crippen molar-refractivity contribution in [2.75, 3.05) is 17.2 Å². The molecule has 0 aromatic heterocycles. The molecule has 6 heteroatoms. The number of nitriles is 1. The number of carbonyl (C=O) groups excluding carboxylic acids is 2. The molecule has 0 saturated carbocycles. The highest BCUT2D eigenvalue weighted by Crippen LogP contribution is 2.31. The molecule has 0 radical (unpaired) electrons. The highest BCUT2D eigenvalue weighted by atomic mass is 16.5. The monoisotopic (exact) mass is 313 g/mol. The minimum Gasteiger partial charge on any atom is -0.463 e. The van der Waals surface area contributed by atoms with E-state index in [1.165, 1.54) is 13.0 Å². The second kappa shape index (κ2) is 6.97. The van der Waals surface area contributed by atoms with E-state index in [1.54, 1.807) is 24.3 Å². The number of esters is 1. The number of nitrogens with one attached hydrogen (secondary N) is 2. The standard InChI is InChI=1S/C17H19N3O3/c1-3-4-9-23-16(22)17(11-18)8-7-13-10-14(19-12(2)21)5-6-15(13)20-17/h5-8,10,20H,3-4,9H2,1-2H3,(H,19,21). The summed E-state index contributed by atoms with van der Waals surface area (Å²) in [5.41, 5.74) is 0.549. The molecule has 1 atom stereocenters. The number of hydrogen-bond donors (Lipinski definition) is 2. The fourth-order valence-electron chi connectivity index (χ4n) is 2.22. The Kier molecular flexibility index (Phi) is 5.02. The summed E-state index contributed by atoms with van der Waals surface area (Å²) in [5, 5.41) is 15.1. The van der Waals surface area contributed by atoms with Gasteiger partial charge in [-0.15, -0.1) is 0 Å². The van der Waals surface area contributed by atoms with E-state index in [9.17, 15) is 14.9 Å². The van der Waals surface area contributed by atoms with Gasteiger partial charge in [0.15, 0.2) is 0 Å². The van der Waals surface area contributed by atoms with Crippen molar-refractivity contribution in [3.05, 3.63) is 29.8 Å². The maximum Gasteiger partial charge on any atom is 0.351 e. The summed E-state index contributed by atoms with van der Waals surface area (Å²) in [7, 11) is 0. The predicted molar refractivity (Wildman–Crippen MR) is 87.6 cm³/mol. The van der Waals surface area contributed by atoms with Crippen molar-refractivity contribution in [1.82, 2.24) is 0 Å². The number of ether oxygens (including phenoxy) is 1. The molecule has 1 amide bonds. The van der Waals surface area contributed by atoms with Crippen LogP contribution in [0.5, 0.6) is 0 Å². The first-order chi connectivity index (χ1) is 11.0. The zero-order valence-electron chi connectivity index (χ0n) is 13.2. The van der Waals surface area contributed by atoms with Gasteiger partial charge in [-0.1, -0.05) is 19.4 Å². The fraction of sp³-hybridized carbons (Fsp3) is 0.353. The van der Waals surface area contributed by atoms with Gasteiger partial charge in [-0.2, -0.15) is 5.26 Å². The Morgan fingerprint density at radius 3 is 2.87 bits per heavy atom. The van der Waals surface area contributed by atoms with E-state index in [4.69, 9.17) is 4.74 Å². The van der Waals surface area contributed by atoms with Gasteiger partial charge in [0.2, 0.25) is 11.4 Å². The van der Waals surface area contributed by atoms with Gasteiger partial charge in [0.25, 0.3) is 0 Å². The van der Waals surface area contributed by atoms with Gasteiger partial charge in [0, 0.05) is 18.3 Å². The summed E-state index contributed by atoms with van der Waals surface area (Å²) in [6.07, 6.45) is 4.83. The summed E-state index contributed by atoms with van der Waals surface area (Å²) >= 11 is 0. The van der Waals surface area contributed by atoms with Crippen LogP contribution < -0.4 is 10.6 Å². The molecule has 1 aromatic rings. The van der Waals surface area contributed by atoms with Crippen molar-refractivity contribution < 1.29 is 14.3 Å². The van der Waals surface area contributed by atoms with Crippen LogP contribution in [0.2, 0.25) is 0 Å². The molecule has 1 aromatic carbocycles. The zero-order chi connectivity index (χ0) is 16.9. The maximum atomic E-state index is 12.2. The summed E-state index contributed by atoms with van der Waals surface area (Å²) in [5.74, 6) is -0.773.